The second-order valence-corrected chi connectivity index (χ2v) is 4.13. The fourth-order valence-electron chi connectivity index (χ4n) is 1.77. The summed E-state index contributed by atoms with van der Waals surface area (Å²) in [6, 6.07) is 9.09. The molecular formula is C14H10ClFO2. The number of benzene rings is 2. The molecule has 0 fully saturated rings. The maximum Gasteiger partial charge on any atom is 0.150 e. The standard InChI is InChI=1S/C14H10ClFO2/c1-18-14-5-2-10(15)7-13(14)12-4-3-11(16)6-9(12)8-17/h2-8H,1H3. The highest BCUT2D eigenvalue weighted by Crippen LogP contribution is 2.34. The maximum atomic E-state index is 13.1. The molecule has 0 bridgehead atoms. The van der Waals surface area contributed by atoms with Crippen LogP contribution in [0.4, 0.5) is 4.39 Å². The Labute approximate surface area is 109 Å². The first-order valence-corrected chi connectivity index (χ1v) is 5.62. The summed E-state index contributed by atoms with van der Waals surface area (Å²) >= 11 is 5.93. The van der Waals surface area contributed by atoms with Crippen LogP contribution in [0, 0.1) is 5.82 Å². The van der Waals surface area contributed by atoms with Crippen LogP contribution in [0.1, 0.15) is 10.4 Å². The van der Waals surface area contributed by atoms with Gasteiger partial charge in [0.15, 0.2) is 6.29 Å². The fourth-order valence-corrected chi connectivity index (χ4v) is 1.94. The first-order valence-electron chi connectivity index (χ1n) is 5.24. The van der Waals surface area contributed by atoms with Crippen LogP contribution in [-0.4, -0.2) is 13.4 Å². The van der Waals surface area contributed by atoms with Crippen LogP contribution in [0.2, 0.25) is 5.02 Å². The molecule has 0 aliphatic rings. The second-order valence-electron chi connectivity index (χ2n) is 3.69. The summed E-state index contributed by atoms with van der Waals surface area (Å²) in [5.74, 6) is 0.121. The number of aldehydes is 1. The third-order valence-corrected chi connectivity index (χ3v) is 2.83. The minimum absolute atomic E-state index is 0.260. The number of ether oxygens (including phenoxy) is 1. The predicted octanol–water partition coefficient (Wildman–Crippen LogP) is 3.97. The summed E-state index contributed by atoms with van der Waals surface area (Å²) in [5.41, 5.74) is 1.51. The molecule has 2 aromatic rings. The smallest absolute Gasteiger partial charge is 0.150 e. The van der Waals surface area contributed by atoms with Gasteiger partial charge in [-0.3, -0.25) is 4.79 Å². The molecule has 0 spiro atoms. The summed E-state index contributed by atoms with van der Waals surface area (Å²) < 4.78 is 18.3. The molecule has 2 aromatic carbocycles. The van der Waals surface area contributed by atoms with Crippen molar-refractivity contribution in [2.45, 2.75) is 0 Å². The Bertz CT molecular complexity index is 596. The van der Waals surface area contributed by atoms with Gasteiger partial charge in [0, 0.05) is 16.1 Å². The molecule has 0 aromatic heterocycles. The molecule has 0 aliphatic carbocycles. The Hall–Kier alpha value is -1.87. The van der Waals surface area contributed by atoms with E-state index in [1.54, 1.807) is 18.2 Å². The van der Waals surface area contributed by atoms with Crippen molar-refractivity contribution >= 4 is 17.9 Å². The van der Waals surface area contributed by atoms with Crippen molar-refractivity contribution in [3.63, 3.8) is 0 Å². The minimum atomic E-state index is -0.457. The molecule has 0 N–H and O–H groups in total. The predicted molar refractivity (Wildman–Crippen MR) is 68.8 cm³/mol. The van der Waals surface area contributed by atoms with E-state index < -0.39 is 5.82 Å². The molecule has 0 aliphatic heterocycles. The van der Waals surface area contributed by atoms with Gasteiger partial charge in [0.1, 0.15) is 11.6 Å². The number of carbonyl (C=O) groups excluding carboxylic acids is 1. The van der Waals surface area contributed by atoms with Gasteiger partial charge in [-0.15, -0.1) is 0 Å². The van der Waals surface area contributed by atoms with Gasteiger partial charge in [-0.05, 0) is 35.9 Å². The first-order chi connectivity index (χ1) is 8.65. The Morgan fingerprint density at radius 2 is 1.94 bits per heavy atom. The Balaban J connectivity index is 2.67. The fraction of sp³-hybridized carbons (Fsp3) is 0.0714. The molecule has 0 atom stereocenters. The van der Waals surface area contributed by atoms with Crippen LogP contribution in [-0.2, 0) is 0 Å². The van der Waals surface area contributed by atoms with Crippen molar-refractivity contribution in [2.24, 2.45) is 0 Å². The molecule has 18 heavy (non-hydrogen) atoms. The largest absolute Gasteiger partial charge is 0.496 e. The Morgan fingerprint density at radius 1 is 1.17 bits per heavy atom. The van der Waals surface area contributed by atoms with Crippen LogP contribution < -0.4 is 4.74 Å². The maximum absolute atomic E-state index is 13.1. The summed E-state index contributed by atoms with van der Waals surface area (Å²) in [5, 5.41) is 0.520. The summed E-state index contributed by atoms with van der Waals surface area (Å²) in [7, 11) is 1.52. The number of hydrogen-bond acceptors (Lipinski definition) is 2. The number of hydrogen-bond donors (Lipinski definition) is 0. The van der Waals surface area contributed by atoms with Crippen LogP contribution in [0.25, 0.3) is 11.1 Å². The molecular weight excluding hydrogens is 255 g/mol. The van der Waals surface area contributed by atoms with E-state index in [4.69, 9.17) is 16.3 Å². The van der Waals surface area contributed by atoms with E-state index >= 15 is 0 Å². The SMILES string of the molecule is COc1ccc(Cl)cc1-c1ccc(F)cc1C=O. The molecule has 0 radical (unpaired) electrons. The van der Waals surface area contributed by atoms with E-state index in [1.165, 1.54) is 25.3 Å². The molecule has 2 nitrogen and oxygen atoms in total. The number of carbonyl (C=O) groups is 1. The lowest BCUT2D eigenvalue weighted by Crippen LogP contribution is -1.93. The third kappa shape index (κ3) is 2.36. The summed E-state index contributed by atoms with van der Waals surface area (Å²) in [4.78, 5) is 11.0. The van der Waals surface area contributed by atoms with Gasteiger partial charge in [0.05, 0.1) is 7.11 Å². The quantitative estimate of drug-likeness (QED) is 0.784. The lowest BCUT2D eigenvalue weighted by atomic mass is 9.99. The van der Waals surface area contributed by atoms with Crippen molar-refractivity contribution in [2.75, 3.05) is 7.11 Å². The zero-order chi connectivity index (χ0) is 13.1. The average Bonchev–Trinajstić information content (AvgIpc) is 2.38. The van der Waals surface area contributed by atoms with Gasteiger partial charge in [-0.1, -0.05) is 17.7 Å². The monoisotopic (exact) mass is 264 g/mol. The van der Waals surface area contributed by atoms with E-state index in [1.807, 2.05) is 0 Å². The molecule has 2 rings (SSSR count). The molecule has 0 saturated heterocycles. The van der Waals surface area contributed by atoms with Crippen molar-refractivity contribution in [1.82, 2.24) is 0 Å². The molecule has 4 heteroatoms. The third-order valence-electron chi connectivity index (χ3n) is 2.59. The van der Waals surface area contributed by atoms with Gasteiger partial charge in [-0.2, -0.15) is 0 Å². The molecule has 0 heterocycles. The van der Waals surface area contributed by atoms with E-state index in [9.17, 15) is 9.18 Å². The van der Waals surface area contributed by atoms with E-state index in [-0.39, 0.29) is 5.56 Å². The minimum Gasteiger partial charge on any atom is -0.496 e. The lowest BCUT2D eigenvalue weighted by Gasteiger charge is -2.11. The zero-order valence-electron chi connectivity index (χ0n) is 9.61. The Kier molecular flexibility index (Phi) is 3.63. The number of rotatable bonds is 3. The van der Waals surface area contributed by atoms with Gasteiger partial charge in [-0.25, -0.2) is 4.39 Å². The second kappa shape index (κ2) is 5.19. The average molecular weight is 265 g/mol. The van der Waals surface area contributed by atoms with Crippen LogP contribution in [0.15, 0.2) is 36.4 Å². The van der Waals surface area contributed by atoms with Gasteiger partial charge >= 0.3 is 0 Å². The molecule has 92 valence electrons. The van der Waals surface area contributed by atoms with Gasteiger partial charge in [0.25, 0.3) is 0 Å². The van der Waals surface area contributed by atoms with Gasteiger partial charge < -0.3 is 4.74 Å². The molecule has 0 unspecified atom stereocenters. The van der Waals surface area contributed by atoms with E-state index in [0.717, 1.165) is 0 Å². The lowest BCUT2D eigenvalue weighted by molar-refractivity contribution is 0.112. The van der Waals surface area contributed by atoms with Crippen LogP contribution >= 0.6 is 11.6 Å². The van der Waals surface area contributed by atoms with E-state index in [2.05, 4.69) is 0 Å². The van der Waals surface area contributed by atoms with Crippen molar-refractivity contribution in [3.05, 3.63) is 52.8 Å². The van der Waals surface area contributed by atoms with Crippen LogP contribution in [0.5, 0.6) is 5.75 Å². The first kappa shape index (κ1) is 12.6. The number of halogens is 2. The van der Waals surface area contributed by atoms with E-state index in [0.29, 0.717) is 28.2 Å². The highest BCUT2D eigenvalue weighted by Gasteiger charge is 2.11. The normalized spacial score (nSPS) is 10.2. The zero-order valence-corrected chi connectivity index (χ0v) is 10.4. The highest BCUT2D eigenvalue weighted by atomic mass is 35.5. The highest BCUT2D eigenvalue weighted by molar-refractivity contribution is 6.31. The van der Waals surface area contributed by atoms with Crippen molar-refractivity contribution in [3.8, 4) is 16.9 Å². The molecule has 0 saturated carbocycles. The number of methoxy groups -OCH3 is 1. The van der Waals surface area contributed by atoms with Crippen molar-refractivity contribution in [1.29, 1.82) is 0 Å². The summed E-state index contributed by atoms with van der Waals surface area (Å²) in [6.07, 6.45) is 0.610. The molecule has 0 amide bonds. The van der Waals surface area contributed by atoms with Crippen molar-refractivity contribution < 1.29 is 13.9 Å². The van der Waals surface area contributed by atoms with Gasteiger partial charge in [0.2, 0.25) is 0 Å². The summed E-state index contributed by atoms with van der Waals surface area (Å²) in [6.45, 7) is 0. The topological polar surface area (TPSA) is 26.3 Å². The Morgan fingerprint density at radius 3 is 2.61 bits per heavy atom. The van der Waals surface area contributed by atoms with Crippen LogP contribution in [0.3, 0.4) is 0 Å².